The van der Waals surface area contributed by atoms with E-state index in [0.29, 0.717) is 23.4 Å². The van der Waals surface area contributed by atoms with Gasteiger partial charge in [0.05, 0.1) is 22.9 Å². The van der Waals surface area contributed by atoms with Crippen molar-refractivity contribution in [2.75, 3.05) is 18.4 Å². The number of alkyl halides is 3. The van der Waals surface area contributed by atoms with E-state index in [1.165, 1.54) is 40.7 Å². The minimum Gasteiger partial charge on any atom is -0.325 e. The summed E-state index contributed by atoms with van der Waals surface area (Å²) in [6.45, 7) is 0.101. The molecule has 11 heteroatoms. The molecule has 1 aliphatic heterocycles. The Hall–Kier alpha value is -1.81. The number of hydrogen-bond acceptors (Lipinski definition) is 3. The van der Waals surface area contributed by atoms with Crippen LogP contribution in [0.3, 0.4) is 0 Å². The van der Waals surface area contributed by atoms with Crippen molar-refractivity contribution in [2.24, 2.45) is 5.92 Å². The van der Waals surface area contributed by atoms with Gasteiger partial charge in [-0.15, -0.1) is 0 Å². The fraction of sp³-hybridized carbons (Fsp3) is 0.350. The lowest BCUT2D eigenvalue weighted by Gasteiger charge is -2.31. The van der Waals surface area contributed by atoms with Crippen molar-refractivity contribution < 1.29 is 26.4 Å². The third kappa shape index (κ3) is 5.91. The monoisotopic (exact) mass is 494 g/mol. The van der Waals surface area contributed by atoms with Gasteiger partial charge < -0.3 is 5.32 Å². The Labute approximate surface area is 188 Å². The van der Waals surface area contributed by atoms with E-state index in [1.807, 2.05) is 0 Å². The zero-order chi connectivity index (χ0) is 22.8. The minimum atomic E-state index is -4.62. The van der Waals surface area contributed by atoms with Crippen LogP contribution in [0.15, 0.2) is 42.5 Å². The summed E-state index contributed by atoms with van der Waals surface area (Å²) in [6, 6.07) is 9.16. The van der Waals surface area contributed by atoms with E-state index in [9.17, 15) is 26.4 Å². The third-order valence-corrected chi connectivity index (χ3v) is 7.37. The van der Waals surface area contributed by atoms with E-state index in [4.69, 9.17) is 23.2 Å². The molecule has 1 fully saturated rings. The number of amides is 1. The van der Waals surface area contributed by atoms with Crippen LogP contribution in [0.4, 0.5) is 18.9 Å². The van der Waals surface area contributed by atoms with E-state index in [-0.39, 0.29) is 29.6 Å². The van der Waals surface area contributed by atoms with Gasteiger partial charge in [0.25, 0.3) is 0 Å². The van der Waals surface area contributed by atoms with Crippen LogP contribution in [0.1, 0.15) is 24.0 Å². The van der Waals surface area contributed by atoms with Crippen molar-refractivity contribution >= 4 is 44.8 Å². The Bertz CT molecular complexity index is 1080. The van der Waals surface area contributed by atoms with Crippen LogP contribution >= 0.6 is 23.2 Å². The number of carbonyl (C=O) groups excluding carboxylic acids is 1. The van der Waals surface area contributed by atoms with Crippen molar-refractivity contribution in [3.05, 3.63) is 63.6 Å². The van der Waals surface area contributed by atoms with Gasteiger partial charge in [0.2, 0.25) is 15.9 Å². The summed E-state index contributed by atoms with van der Waals surface area (Å²) in [5.41, 5.74) is -0.939. The third-order valence-electron chi connectivity index (χ3n) is 4.99. The number of halogens is 5. The van der Waals surface area contributed by atoms with Gasteiger partial charge in [0.15, 0.2) is 0 Å². The Morgan fingerprint density at radius 3 is 2.55 bits per heavy atom. The van der Waals surface area contributed by atoms with E-state index in [0.717, 1.165) is 6.07 Å². The van der Waals surface area contributed by atoms with Crippen LogP contribution < -0.4 is 5.32 Å². The number of nitrogens with one attached hydrogen (secondary N) is 1. The number of sulfonamides is 1. The SMILES string of the molecule is O=C(Nc1ccccc1C(F)(F)F)C1CCCN(S(=O)(=O)Cc2ccc(Cl)cc2Cl)C1. The first-order valence-electron chi connectivity index (χ1n) is 9.36. The first-order valence-corrected chi connectivity index (χ1v) is 11.7. The molecule has 1 heterocycles. The molecule has 1 aliphatic rings. The normalized spacial score (nSPS) is 18.0. The van der Waals surface area contributed by atoms with Gasteiger partial charge in [-0.3, -0.25) is 4.79 Å². The van der Waals surface area contributed by atoms with Crippen molar-refractivity contribution in [1.82, 2.24) is 4.31 Å². The molecule has 0 aliphatic carbocycles. The number of benzene rings is 2. The molecule has 0 radical (unpaired) electrons. The number of piperidine rings is 1. The van der Waals surface area contributed by atoms with Crippen molar-refractivity contribution in [2.45, 2.75) is 24.8 Å². The summed E-state index contributed by atoms with van der Waals surface area (Å²) < 4.78 is 66.4. The summed E-state index contributed by atoms with van der Waals surface area (Å²) in [5.74, 6) is -1.79. The first-order chi connectivity index (χ1) is 14.5. The Morgan fingerprint density at radius 1 is 1.16 bits per heavy atom. The van der Waals surface area contributed by atoms with Crippen LogP contribution in [0.25, 0.3) is 0 Å². The van der Waals surface area contributed by atoms with Gasteiger partial charge in [0.1, 0.15) is 0 Å². The zero-order valence-electron chi connectivity index (χ0n) is 16.1. The highest BCUT2D eigenvalue weighted by molar-refractivity contribution is 7.88. The first kappa shape index (κ1) is 23.8. The Balaban J connectivity index is 1.72. The number of para-hydroxylation sites is 1. The number of rotatable bonds is 5. The second kappa shape index (κ2) is 9.36. The molecule has 0 bridgehead atoms. The van der Waals surface area contributed by atoms with Crippen LogP contribution in [0.5, 0.6) is 0 Å². The summed E-state index contributed by atoms with van der Waals surface area (Å²) in [5, 5.41) is 2.90. The number of nitrogens with zero attached hydrogens (tertiary/aromatic N) is 1. The van der Waals surface area contributed by atoms with E-state index in [2.05, 4.69) is 5.32 Å². The van der Waals surface area contributed by atoms with Gasteiger partial charge in [-0.2, -0.15) is 13.2 Å². The molecule has 1 unspecified atom stereocenters. The van der Waals surface area contributed by atoms with Gasteiger partial charge in [0, 0.05) is 23.1 Å². The lowest BCUT2D eigenvalue weighted by molar-refractivity contribution is -0.137. The summed E-state index contributed by atoms with van der Waals surface area (Å²) >= 11 is 11.9. The summed E-state index contributed by atoms with van der Waals surface area (Å²) in [6.07, 6.45) is -3.84. The minimum absolute atomic E-state index is 0.117. The summed E-state index contributed by atoms with van der Waals surface area (Å²) in [7, 11) is -3.80. The highest BCUT2D eigenvalue weighted by Crippen LogP contribution is 2.35. The van der Waals surface area contributed by atoms with Gasteiger partial charge in [-0.1, -0.05) is 41.4 Å². The predicted octanol–water partition coefficient (Wildman–Crippen LogP) is 5.19. The Morgan fingerprint density at radius 2 is 1.87 bits per heavy atom. The molecular weight excluding hydrogens is 476 g/mol. The molecule has 1 amide bonds. The van der Waals surface area contributed by atoms with Crippen molar-refractivity contribution in [3.63, 3.8) is 0 Å². The maximum atomic E-state index is 13.2. The molecule has 0 aromatic heterocycles. The molecule has 5 nitrogen and oxygen atoms in total. The molecule has 0 saturated carbocycles. The van der Waals surface area contributed by atoms with Crippen molar-refractivity contribution in [1.29, 1.82) is 0 Å². The molecule has 1 N–H and O–H groups in total. The van der Waals surface area contributed by atoms with Crippen molar-refractivity contribution in [3.8, 4) is 0 Å². The Kier molecular flexibility index (Phi) is 7.20. The standard InChI is InChI=1S/C20H19Cl2F3N2O3S/c21-15-8-7-14(17(22)10-15)12-31(29,30)27-9-3-4-13(11-27)19(28)26-18-6-2-1-5-16(18)20(23,24)25/h1-2,5-8,10,13H,3-4,9,11-12H2,(H,26,28). The second-order valence-electron chi connectivity index (χ2n) is 7.22. The predicted molar refractivity (Wildman–Crippen MR) is 113 cm³/mol. The number of hydrogen-bond donors (Lipinski definition) is 1. The molecule has 1 atom stereocenters. The molecular formula is C20H19Cl2F3N2O3S. The highest BCUT2D eigenvalue weighted by atomic mass is 35.5. The van der Waals surface area contributed by atoms with Crippen LogP contribution in [-0.4, -0.2) is 31.7 Å². The second-order valence-corrected chi connectivity index (χ2v) is 10.0. The molecule has 168 valence electrons. The number of anilines is 1. The van der Waals surface area contributed by atoms with Crippen LogP contribution in [0.2, 0.25) is 10.0 Å². The van der Waals surface area contributed by atoms with E-state index >= 15 is 0 Å². The highest BCUT2D eigenvalue weighted by Gasteiger charge is 2.36. The molecule has 1 saturated heterocycles. The molecule has 3 rings (SSSR count). The molecule has 2 aromatic carbocycles. The van der Waals surface area contributed by atoms with Gasteiger partial charge in [-0.05, 0) is 42.7 Å². The topological polar surface area (TPSA) is 66.5 Å². The van der Waals surface area contributed by atoms with Gasteiger partial charge >= 0.3 is 6.18 Å². The lowest BCUT2D eigenvalue weighted by atomic mass is 9.98. The fourth-order valence-corrected chi connectivity index (χ4v) is 5.61. The molecule has 2 aromatic rings. The zero-order valence-corrected chi connectivity index (χ0v) is 18.5. The quantitative estimate of drug-likeness (QED) is 0.621. The van der Waals surface area contributed by atoms with E-state index in [1.54, 1.807) is 0 Å². The maximum absolute atomic E-state index is 13.2. The lowest BCUT2D eigenvalue weighted by Crippen LogP contribution is -2.44. The van der Waals surface area contributed by atoms with Crippen LogP contribution in [0, 0.1) is 5.92 Å². The molecule has 0 spiro atoms. The van der Waals surface area contributed by atoms with Gasteiger partial charge in [-0.25, -0.2) is 12.7 Å². The number of carbonyl (C=O) groups is 1. The fourth-order valence-electron chi connectivity index (χ4n) is 3.41. The maximum Gasteiger partial charge on any atom is 0.418 e. The average Bonchev–Trinajstić information content (AvgIpc) is 2.70. The largest absolute Gasteiger partial charge is 0.418 e. The molecule has 31 heavy (non-hydrogen) atoms. The smallest absolute Gasteiger partial charge is 0.325 e. The van der Waals surface area contributed by atoms with Crippen LogP contribution in [-0.2, 0) is 26.7 Å². The summed E-state index contributed by atoms with van der Waals surface area (Å²) in [4.78, 5) is 12.6. The van der Waals surface area contributed by atoms with E-state index < -0.39 is 33.6 Å². The average molecular weight is 495 g/mol.